The van der Waals surface area contributed by atoms with Gasteiger partial charge in [0.15, 0.2) is 0 Å². The van der Waals surface area contributed by atoms with Gasteiger partial charge >= 0.3 is 5.97 Å². The summed E-state index contributed by atoms with van der Waals surface area (Å²) >= 11 is 1.58. The van der Waals surface area contributed by atoms with Gasteiger partial charge in [0.1, 0.15) is 10.9 Å². The van der Waals surface area contributed by atoms with E-state index in [-0.39, 0.29) is 5.57 Å². The Labute approximate surface area is 116 Å². The van der Waals surface area contributed by atoms with Crippen molar-refractivity contribution in [1.82, 2.24) is 0 Å². The Kier molecular flexibility index (Phi) is 2.08. The molecule has 0 fully saturated rings. The maximum absolute atomic E-state index is 12.1. The molecule has 20 heavy (non-hydrogen) atoms. The van der Waals surface area contributed by atoms with Gasteiger partial charge in [-0.1, -0.05) is 6.07 Å². The molecule has 2 aliphatic rings. The molecule has 0 atom stereocenters. The van der Waals surface area contributed by atoms with Crippen LogP contribution in [-0.4, -0.2) is 16.9 Å². The zero-order valence-corrected chi connectivity index (χ0v) is 10.8. The molecular weight excluding hydrogens is 276 g/mol. The van der Waals surface area contributed by atoms with Crippen LogP contribution in [0.4, 0.5) is 5.69 Å². The fraction of sp³-hybridized carbons (Fsp3) is 0. The van der Waals surface area contributed by atoms with Gasteiger partial charge in [0.25, 0.3) is 0 Å². The summed E-state index contributed by atoms with van der Waals surface area (Å²) in [6.45, 7) is 0. The third-order valence-corrected chi connectivity index (χ3v) is 4.25. The summed E-state index contributed by atoms with van der Waals surface area (Å²) in [5.41, 5.74) is 1.79. The minimum Gasteiger partial charge on any atom is -0.477 e. The second kappa shape index (κ2) is 3.71. The number of aliphatic carboxylic acids is 1. The number of carboxylic acids is 1. The van der Waals surface area contributed by atoms with Crippen LogP contribution in [0.25, 0.3) is 10.4 Å². The lowest BCUT2D eigenvalue weighted by molar-refractivity contribution is -0.132. The van der Waals surface area contributed by atoms with Crippen molar-refractivity contribution >= 4 is 28.8 Å². The second-order valence-electron chi connectivity index (χ2n) is 4.41. The SMILES string of the molecule is O=C(O)C1=CN=c2c(ccc3c2=Nc2ccsc2-3)C1=O. The maximum atomic E-state index is 12.1. The van der Waals surface area contributed by atoms with E-state index in [4.69, 9.17) is 5.11 Å². The zero-order valence-electron chi connectivity index (χ0n) is 9.95. The zero-order chi connectivity index (χ0) is 13.9. The minimum atomic E-state index is -1.26. The summed E-state index contributed by atoms with van der Waals surface area (Å²) in [7, 11) is 0. The molecule has 1 aromatic carbocycles. The van der Waals surface area contributed by atoms with Crippen LogP contribution in [0.1, 0.15) is 10.4 Å². The molecule has 0 radical (unpaired) electrons. The summed E-state index contributed by atoms with van der Waals surface area (Å²) in [6.07, 6.45) is 1.11. The normalized spacial score (nSPS) is 14.6. The molecule has 5 nitrogen and oxygen atoms in total. The van der Waals surface area contributed by atoms with Crippen LogP contribution in [0.2, 0.25) is 0 Å². The van der Waals surface area contributed by atoms with Gasteiger partial charge in [-0.2, -0.15) is 0 Å². The van der Waals surface area contributed by atoms with Crippen molar-refractivity contribution in [3.05, 3.63) is 51.6 Å². The summed E-state index contributed by atoms with van der Waals surface area (Å²) in [5.74, 6) is -1.78. The van der Waals surface area contributed by atoms with E-state index >= 15 is 0 Å². The van der Waals surface area contributed by atoms with Gasteiger partial charge in [0, 0.05) is 11.8 Å². The van der Waals surface area contributed by atoms with Crippen molar-refractivity contribution < 1.29 is 14.7 Å². The number of rotatable bonds is 1. The molecule has 3 heterocycles. The minimum absolute atomic E-state index is 0.294. The van der Waals surface area contributed by atoms with Gasteiger partial charge in [0.05, 0.1) is 21.5 Å². The van der Waals surface area contributed by atoms with E-state index in [1.54, 1.807) is 23.5 Å². The quantitative estimate of drug-likeness (QED) is 0.686. The van der Waals surface area contributed by atoms with Crippen LogP contribution in [-0.2, 0) is 4.79 Å². The number of carbonyl (C=O) groups is 2. The van der Waals surface area contributed by atoms with Crippen molar-refractivity contribution in [3.8, 4) is 10.4 Å². The molecule has 2 aromatic rings. The first kappa shape index (κ1) is 11.2. The van der Waals surface area contributed by atoms with Crippen LogP contribution in [0.15, 0.2) is 45.3 Å². The van der Waals surface area contributed by atoms with Crippen molar-refractivity contribution in [2.45, 2.75) is 0 Å². The Hall–Kier alpha value is -2.60. The Morgan fingerprint density at radius 3 is 2.75 bits per heavy atom. The molecular formula is C14H6N2O3S. The lowest BCUT2D eigenvalue weighted by Crippen LogP contribution is -2.35. The van der Waals surface area contributed by atoms with E-state index in [1.807, 2.05) is 11.4 Å². The van der Waals surface area contributed by atoms with Gasteiger partial charge in [-0.15, -0.1) is 11.3 Å². The number of thiophene rings is 1. The van der Waals surface area contributed by atoms with Gasteiger partial charge in [-0.25, -0.2) is 9.79 Å². The molecule has 1 N–H and O–H groups in total. The largest absolute Gasteiger partial charge is 0.477 e. The average molecular weight is 282 g/mol. The topological polar surface area (TPSA) is 79.1 Å². The first-order chi connectivity index (χ1) is 9.66. The molecule has 6 heteroatoms. The molecule has 0 bridgehead atoms. The van der Waals surface area contributed by atoms with Crippen LogP contribution in [0.3, 0.4) is 0 Å². The van der Waals surface area contributed by atoms with Gasteiger partial charge in [-0.3, -0.25) is 9.79 Å². The first-order valence-electron chi connectivity index (χ1n) is 5.82. The highest BCUT2D eigenvalue weighted by Gasteiger charge is 2.26. The molecule has 0 aliphatic carbocycles. The molecule has 2 aliphatic heterocycles. The van der Waals surface area contributed by atoms with Crippen molar-refractivity contribution in [2.75, 3.05) is 0 Å². The monoisotopic (exact) mass is 282 g/mol. The molecule has 0 unspecified atom stereocenters. The summed E-state index contributed by atoms with van der Waals surface area (Å²) in [5, 5.41) is 12.0. The lowest BCUT2D eigenvalue weighted by Gasteiger charge is -2.07. The third-order valence-electron chi connectivity index (χ3n) is 3.31. The average Bonchev–Trinajstić information content (AvgIpc) is 2.99. The number of nitrogens with zero attached hydrogens (tertiary/aromatic N) is 2. The van der Waals surface area contributed by atoms with E-state index < -0.39 is 11.8 Å². The highest BCUT2D eigenvalue weighted by molar-refractivity contribution is 7.14. The molecule has 0 saturated carbocycles. The number of hydrogen-bond acceptors (Lipinski definition) is 5. The molecule has 0 saturated heterocycles. The molecule has 96 valence electrons. The number of carbonyl (C=O) groups excluding carboxylic acids is 1. The summed E-state index contributed by atoms with van der Waals surface area (Å²) in [4.78, 5) is 32.8. The number of Topliss-reactive ketones (excluding diaryl/α,β-unsaturated/α-hetero) is 1. The van der Waals surface area contributed by atoms with E-state index in [0.717, 1.165) is 22.3 Å². The van der Waals surface area contributed by atoms with Gasteiger partial charge < -0.3 is 5.11 Å². The van der Waals surface area contributed by atoms with E-state index in [0.29, 0.717) is 16.3 Å². The highest BCUT2D eigenvalue weighted by atomic mass is 32.1. The molecule has 0 spiro atoms. The fourth-order valence-corrected chi connectivity index (χ4v) is 3.25. The van der Waals surface area contributed by atoms with Crippen molar-refractivity contribution in [1.29, 1.82) is 0 Å². The van der Waals surface area contributed by atoms with E-state index in [1.165, 1.54) is 0 Å². The van der Waals surface area contributed by atoms with Crippen molar-refractivity contribution in [3.63, 3.8) is 0 Å². The fourth-order valence-electron chi connectivity index (χ4n) is 2.39. The predicted octanol–water partition coefficient (Wildman–Crippen LogP) is 1.46. The number of hydrogen-bond donors (Lipinski definition) is 1. The molecule has 4 rings (SSSR count). The van der Waals surface area contributed by atoms with Crippen molar-refractivity contribution in [2.24, 2.45) is 9.98 Å². The number of fused-ring (bicyclic) bond motifs is 5. The van der Waals surface area contributed by atoms with Gasteiger partial charge in [0.2, 0.25) is 5.78 Å². The molecule has 1 aromatic heterocycles. The smallest absolute Gasteiger partial charge is 0.341 e. The third kappa shape index (κ3) is 1.31. The van der Waals surface area contributed by atoms with E-state index in [2.05, 4.69) is 9.98 Å². The Morgan fingerprint density at radius 1 is 1.15 bits per heavy atom. The first-order valence-corrected chi connectivity index (χ1v) is 6.70. The van der Waals surface area contributed by atoms with Crippen LogP contribution in [0, 0.1) is 0 Å². The Morgan fingerprint density at radius 2 is 1.95 bits per heavy atom. The molecule has 0 amide bonds. The predicted molar refractivity (Wildman–Crippen MR) is 71.8 cm³/mol. The van der Waals surface area contributed by atoms with Gasteiger partial charge in [-0.05, 0) is 17.5 Å². The second-order valence-corrected chi connectivity index (χ2v) is 5.33. The number of carboxylic acid groups (broad SMARTS) is 1. The van der Waals surface area contributed by atoms with Crippen LogP contribution < -0.4 is 10.7 Å². The standard InChI is InChI=1S/C14H6N2O3S/c17-12-6-1-2-7-11(16-9-3-4-20-13(7)9)10(6)15-5-8(12)14(18)19/h1-5H,(H,18,19). The summed E-state index contributed by atoms with van der Waals surface area (Å²) < 4.78 is 0. The van der Waals surface area contributed by atoms with Crippen LogP contribution in [0.5, 0.6) is 0 Å². The maximum Gasteiger partial charge on any atom is 0.341 e. The van der Waals surface area contributed by atoms with Crippen LogP contribution >= 0.6 is 11.3 Å². The number of ketones is 1. The Bertz CT molecular complexity index is 953. The highest BCUT2D eigenvalue weighted by Crippen LogP contribution is 2.36. The lowest BCUT2D eigenvalue weighted by atomic mass is 9.99. The number of benzene rings is 1. The van der Waals surface area contributed by atoms with E-state index in [9.17, 15) is 9.59 Å². The Balaban J connectivity index is 2.07. The summed E-state index contributed by atoms with van der Waals surface area (Å²) in [6, 6.07) is 5.34.